The number of non-ortho nitro benzene ring substituents is 1. The predicted octanol–water partition coefficient (Wildman–Crippen LogP) is 3.15. The quantitative estimate of drug-likeness (QED) is 0.460. The third-order valence-corrected chi connectivity index (χ3v) is 5.43. The van der Waals surface area contributed by atoms with Crippen LogP contribution in [0, 0.1) is 24.0 Å². The number of aromatic nitrogens is 2. The number of nitrogens with zero attached hydrogens (tertiary/aromatic N) is 5. The zero-order valence-electron chi connectivity index (χ0n) is 17.4. The van der Waals surface area contributed by atoms with Gasteiger partial charge in [0.2, 0.25) is 0 Å². The minimum Gasteiger partial charge on any atom is -0.459 e. The molecule has 9 heteroatoms. The van der Waals surface area contributed by atoms with E-state index in [0.29, 0.717) is 44.2 Å². The fourth-order valence-electron chi connectivity index (χ4n) is 3.80. The maximum atomic E-state index is 12.5. The standard InChI is InChI=1S/C22H23N5O4/c1-15-19(14-17-5-7-18(8-6-17)27(29)30)21(24-16(2)23-15)25-9-11-26(12-10-25)22(28)20-4-3-13-31-20/h3-8,13H,9-12,14H2,1-2H3. The van der Waals surface area contributed by atoms with Gasteiger partial charge in [0, 0.05) is 56.0 Å². The summed E-state index contributed by atoms with van der Waals surface area (Å²) in [5.41, 5.74) is 2.90. The molecular weight excluding hydrogens is 398 g/mol. The van der Waals surface area contributed by atoms with Crippen molar-refractivity contribution in [3.63, 3.8) is 0 Å². The van der Waals surface area contributed by atoms with E-state index in [1.165, 1.54) is 18.4 Å². The summed E-state index contributed by atoms with van der Waals surface area (Å²) in [5.74, 6) is 1.79. The highest BCUT2D eigenvalue weighted by molar-refractivity contribution is 5.91. The highest BCUT2D eigenvalue weighted by atomic mass is 16.6. The second-order valence-electron chi connectivity index (χ2n) is 7.52. The Hall–Kier alpha value is -3.75. The third-order valence-electron chi connectivity index (χ3n) is 5.43. The first kappa shape index (κ1) is 20.5. The summed E-state index contributed by atoms with van der Waals surface area (Å²) < 4.78 is 5.23. The lowest BCUT2D eigenvalue weighted by Crippen LogP contribution is -2.49. The van der Waals surface area contributed by atoms with Crippen molar-refractivity contribution in [3.05, 3.63) is 81.2 Å². The normalized spacial score (nSPS) is 14.0. The van der Waals surface area contributed by atoms with Crippen LogP contribution in [0.5, 0.6) is 0 Å². The average molecular weight is 421 g/mol. The zero-order valence-corrected chi connectivity index (χ0v) is 17.4. The maximum absolute atomic E-state index is 12.5. The number of carbonyl (C=O) groups excluding carboxylic acids is 1. The fourth-order valence-corrected chi connectivity index (χ4v) is 3.80. The molecule has 0 N–H and O–H groups in total. The lowest BCUT2D eigenvalue weighted by Gasteiger charge is -2.36. The number of furan rings is 1. The van der Waals surface area contributed by atoms with E-state index in [0.717, 1.165) is 22.6 Å². The molecule has 2 aromatic heterocycles. The van der Waals surface area contributed by atoms with Gasteiger partial charge in [0.1, 0.15) is 11.6 Å². The highest BCUT2D eigenvalue weighted by Gasteiger charge is 2.26. The number of aryl methyl sites for hydroxylation is 2. The SMILES string of the molecule is Cc1nc(C)c(Cc2ccc([N+](=O)[O-])cc2)c(N2CCN(C(=O)c3ccco3)CC2)n1. The van der Waals surface area contributed by atoms with Crippen molar-refractivity contribution in [1.82, 2.24) is 14.9 Å². The lowest BCUT2D eigenvalue weighted by atomic mass is 10.0. The molecule has 1 aliphatic heterocycles. The topological polar surface area (TPSA) is 106 Å². The Labute approximate surface area is 179 Å². The smallest absolute Gasteiger partial charge is 0.289 e. The number of anilines is 1. The molecule has 0 unspecified atom stereocenters. The van der Waals surface area contributed by atoms with Crippen LogP contribution in [0.3, 0.4) is 0 Å². The fraction of sp³-hybridized carbons (Fsp3) is 0.318. The van der Waals surface area contributed by atoms with Crippen LogP contribution in [0.25, 0.3) is 0 Å². The van der Waals surface area contributed by atoms with Crippen molar-refractivity contribution in [3.8, 4) is 0 Å². The molecule has 1 saturated heterocycles. The summed E-state index contributed by atoms with van der Waals surface area (Å²) in [6.45, 7) is 6.25. The van der Waals surface area contributed by atoms with Crippen molar-refractivity contribution in [2.24, 2.45) is 0 Å². The van der Waals surface area contributed by atoms with E-state index < -0.39 is 4.92 Å². The minimum absolute atomic E-state index is 0.0678. The van der Waals surface area contributed by atoms with Crippen LogP contribution in [0.2, 0.25) is 0 Å². The zero-order chi connectivity index (χ0) is 22.0. The van der Waals surface area contributed by atoms with E-state index >= 15 is 0 Å². The largest absolute Gasteiger partial charge is 0.459 e. The maximum Gasteiger partial charge on any atom is 0.289 e. The Bertz CT molecular complexity index is 1090. The van der Waals surface area contributed by atoms with E-state index in [2.05, 4.69) is 9.88 Å². The summed E-state index contributed by atoms with van der Waals surface area (Å²) >= 11 is 0. The number of hydrogen-bond donors (Lipinski definition) is 0. The number of piperazine rings is 1. The summed E-state index contributed by atoms with van der Waals surface area (Å²) in [6.07, 6.45) is 2.07. The van der Waals surface area contributed by atoms with Gasteiger partial charge in [-0.05, 0) is 31.5 Å². The minimum atomic E-state index is -0.404. The summed E-state index contributed by atoms with van der Waals surface area (Å²) in [7, 11) is 0. The van der Waals surface area contributed by atoms with Crippen LogP contribution >= 0.6 is 0 Å². The van der Waals surface area contributed by atoms with Gasteiger partial charge in [-0.2, -0.15) is 0 Å². The van der Waals surface area contributed by atoms with Crippen molar-refractivity contribution in [1.29, 1.82) is 0 Å². The second-order valence-corrected chi connectivity index (χ2v) is 7.52. The highest BCUT2D eigenvalue weighted by Crippen LogP contribution is 2.26. The first-order chi connectivity index (χ1) is 14.9. The average Bonchev–Trinajstić information content (AvgIpc) is 3.30. The number of hydrogen-bond acceptors (Lipinski definition) is 7. The van der Waals surface area contributed by atoms with Gasteiger partial charge >= 0.3 is 0 Å². The molecule has 0 atom stereocenters. The molecule has 3 heterocycles. The molecule has 1 amide bonds. The second kappa shape index (κ2) is 8.55. The van der Waals surface area contributed by atoms with Crippen molar-refractivity contribution in [2.45, 2.75) is 20.3 Å². The van der Waals surface area contributed by atoms with Gasteiger partial charge in [0.25, 0.3) is 11.6 Å². The Morgan fingerprint density at radius 2 is 1.81 bits per heavy atom. The van der Waals surface area contributed by atoms with Gasteiger partial charge in [-0.25, -0.2) is 9.97 Å². The van der Waals surface area contributed by atoms with E-state index in [1.54, 1.807) is 29.2 Å². The molecule has 31 heavy (non-hydrogen) atoms. The van der Waals surface area contributed by atoms with Crippen LogP contribution in [0.4, 0.5) is 11.5 Å². The van der Waals surface area contributed by atoms with E-state index in [9.17, 15) is 14.9 Å². The van der Waals surface area contributed by atoms with Crippen molar-refractivity contribution >= 4 is 17.4 Å². The Balaban J connectivity index is 1.53. The Morgan fingerprint density at radius 3 is 2.42 bits per heavy atom. The molecule has 0 radical (unpaired) electrons. The Morgan fingerprint density at radius 1 is 1.10 bits per heavy atom. The summed E-state index contributed by atoms with van der Waals surface area (Å²) in [6, 6.07) is 9.94. The lowest BCUT2D eigenvalue weighted by molar-refractivity contribution is -0.384. The van der Waals surface area contributed by atoms with Crippen LogP contribution in [0.1, 0.15) is 33.2 Å². The van der Waals surface area contributed by atoms with Gasteiger partial charge in [-0.1, -0.05) is 12.1 Å². The van der Waals surface area contributed by atoms with Crippen molar-refractivity contribution in [2.75, 3.05) is 31.1 Å². The first-order valence-electron chi connectivity index (χ1n) is 10.1. The van der Waals surface area contributed by atoms with Gasteiger partial charge in [0.15, 0.2) is 5.76 Å². The molecule has 0 bridgehead atoms. The molecular formula is C22H23N5O4. The molecule has 3 aromatic rings. The van der Waals surface area contributed by atoms with E-state index in [4.69, 9.17) is 9.40 Å². The van der Waals surface area contributed by atoms with Crippen LogP contribution in [-0.4, -0.2) is 51.9 Å². The third kappa shape index (κ3) is 4.40. The van der Waals surface area contributed by atoms with E-state index in [1.807, 2.05) is 13.8 Å². The molecule has 1 aromatic carbocycles. The predicted molar refractivity (Wildman–Crippen MR) is 114 cm³/mol. The van der Waals surface area contributed by atoms with Gasteiger partial charge in [-0.15, -0.1) is 0 Å². The first-order valence-corrected chi connectivity index (χ1v) is 10.1. The number of nitro groups is 1. The van der Waals surface area contributed by atoms with Crippen LogP contribution in [0.15, 0.2) is 47.1 Å². The number of benzene rings is 1. The Kier molecular flexibility index (Phi) is 5.66. The van der Waals surface area contributed by atoms with Gasteiger partial charge in [0.05, 0.1) is 11.2 Å². The number of rotatable bonds is 5. The summed E-state index contributed by atoms with van der Waals surface area (Å²) in [4.78, 5) is 36.2. The molecule has 1 fully saturated rings. The number of nitro benzene ring substituents is 1. The molecule has 0 saturated carbocycles. The van der Waals surface area contributed by atoms with Crippen LogP contribution in [-0.2, 0) is 6.42 Å². The van der Waals surface area contributed by atoms with Crippen molar-refractivity contribution < 1.29 is 14.1 Å². The molecule has 0 aliphatic carbocycles. The van der Waals surface area contributed by atoms with Gasteiger partial charge in [-0.3, -0.25) is 14.9 Å². The molecule has 0 spiro atoms. The van der Waals surface area contributed by atoms with Crippen LogP contribution < -0.4 is 4.90 Å². The molecule has 1 aliphatic rings. The number of amides is 1. The monoisotopic (exact) mass is 421 g/mol. The molecule has 4 rings (SSSR count). The molecule has 9 nitrogen and oxygen atoms in total. The molecule has 160 valence electrons. The van der Waals surface area contributed by atoms with E-state index in [-0.39, 0.29) is 11.6 Å². The number of carbonyl (C=O) groups is 1. The van der Waals surface area contributed by atoms with Gasteiger partial charge < -0.3 is 14.2 Å². The summed E-state index contributed by atoms with van der Waals surface area (Å²) in [5, 5.41) is 10.9.